The van der Waals surface area contributed by atoms with Crippen LogP contribution in [0.3, 0.4) is 0 Å². The monoisotopic (exact) mass is 191 g/mol. The molecule has 0 bridgehead atoms. The second kappa shape index (κ2) is 3.74. The summed E-state index contributed by atoms with van der Waals surface area (Å²) in [6.07, 6.45) is 5.62. The molecule has 0 aliphatic heterocycles. The molecule has 1 aromatic heterocycles. The molecule has 1 aliphatic rings. The lowest BCUT2D eigenvalue weighted by Gasteiger charge is -2.02. The normalized spacial score (nSPS) is 16.1. The van der Waals surface area contributed by atoms with Gasteiger partial charge in [0.25, 0.3) is 0 Å². The van der Waals surface area contributed by atoms with Gasteiger partial charge >= 0.3 is 0 Å². The van der Waals surface area contributed by atoms with E-state index in [-0.39, 0.29) is 5.78 Å². The lowest BCUT2D eigenvalue weighted by molar-refractivity contribution is -0.114. The van der Waals surface area contributed by atoms with Crippen molar-refractivity contribution in [1.29, 1.82) is 0 Å². The molecular weight excluding hydrogens is 178 g/mol. The van der Waals surface area contributed by atoms with Crippen molar-refractivity contribution in [3.63, 3.8) is 0 Å². The second-order valence-electron chi connectivity index (χ2n) is 3.44. The Hall–Kier alpha value is -1.45. The summed E-state index contributed by atoms with van der Waals surface area (Å²) in [6, 6.07) is 0. The third-order valence-electron chi connectivity index (χ3n) is 2.44. The van der Waals surface area contributed by atoms with Crippen LogP contribution in [-0.2, 0) is 17.8 Å². The predicted molar refractivity (Wildman–Crippen MR) is 51.7 cm³/mol. The minimum Gasteiger partial charge on any atom is -0.295 e. The number of carbonyl (C=O) groups excluding carboxylic acids is 1. The third kappa shape index (κ3) is 1.73. The van der Waals surface area contributed by atoms with Crippen LogP contribution in [0.4, 0.5) is 0 Å². The topological polar surface area (TPSA) is 47.8 Å². The van der Waals surface area contributed by atoms with E-state index in [1.54, 1.807) is 12.4 Å². The van der Waals surface area contributed by atoms with Crippen molar-refractivity contribution < 1.29 is 4.79 Å². The smallest absolute Gasteiger partial charge is 0.155 e. The van der Waals surface area contributed by atoms with Crippen LogP contribution in [-0.4, -0.2) is 20.5 Å². The molecule has 0 aromatic carbocycles. The number of rotatable bonds is 3. The SMILES string of the molecule is CCn1ncnc1CC1=CC(=O)CC1. The molecule has 2 rings (SSSR count). The van der Waals surface area contributed by atoms with Gasteiger partial charge < -0.3 is 0 Å². The Bertz CT molecular complexity index is 378. The molecule has 0 N–H and O–H groups in total. The predicted octanol–water partition coefficient (Wildman–Crippen LogP) is 1.13. The summed E-state index contributed by atoms with van der Waals surface area (Å²) in [5.74, 6) is 1.19. The van der Waals surface area contributed by atoms with Crippen molar-refractivity contribution in [3.8, 4) is 0 Å². The Morgan fingerprint density at radius 2 is 2.36 bits per heavy atom. The van der Waals surface area contributed by atoms with Crippen molar-refractivity contribution in [2.24, 2.45) is 0 Å². The molecular formula is C10H13N3O. The maximum absolute atomic E-state index is 11.0. The number of ketones is 1. The van der Waals surface area contributed by atoms with Crippen LogP contribution in [0.5, 0.6) is 0 Å². The molecule has 0 unspecified atom stereocenters. The molecule has 1 aliphatic carbocycles. The van der Waals surface area contributed by atoms with Crippen molar-refractivity contribution >= 4 is 5.78 Å². The zero-order valence-corrected chi connectivity index (χ0v) is 8.23. The van der Waals surface area contributed by atoms with Crippen molar-refractivity contribution in [1.82, 2.24) is 14.8 Å². The summed E-state index contributed by atoms with van der Waals surface area (Å²) in [6.45, 7) is 2.86. The first-order valence-electron chi connectivity index (χ1n) is 4.88. The summed E-state index contributed by atoms with van der Waals surface area (Å²) < 4.78 is 1.86. The molecule has 0 spiro atoms. The van der Waals surface area contributed by atoms with Gasteiger partial charge in [-0.1, -0.05) is 5.57 Å². The van der Waals surface area contributed by atoms with E-state index in [9.17, 15) is 4.79 Å². The molecule has 74 valence electrons. The number of allylic oxidation sites excluding steroid dienone is 2. The van der Waals surface area contributed by atoms with Gasteiger partial charge in [-0.05, 0) is 19.4 Å². The number of nitrogens with zero attached hydrogens (tertiary/aromatic N) is 3. The van der Waals surface area contributed by atoms with Crippen molar-refractivity contribution in [2.75, 3.05) is 0 Å². The van der Waals surface area contributed by atoms with E-state index < -0.39 is 0 Å². The fourth-order valence-electron chi connectivity index (χ4n) is 1.69. The van der Waals surface area contributed by atoms with Gasteiger partial charge in [0.15, 0.2) is 5.78 Å². The van der Waals surface area contributed by atoms with E-state index in [1.807, 2.05) is 11.6 Å². The summed E-state index contributed by atoms with van der Waals surface area (Å²) >= 11 is 0. The molecule has 14 heavy (non-hydrogen) atoms. The van der Waals surface area contributed by atoms with E-state index in [0.717, 1.165) is 25.2 Å². The minimum atomic E-state index is 0.238. The lowest BCUT2D eigenvalue weighted by Crippen LogP contribution is -2.04. The molecule has 0 radical (unpaired) electrons. The molecule has 1 aromatic rings. The summed E-state index contributed by atoms with van der Waals surface area (Å²) in [7, 11) is 0. The van der Waals surface area contributed by atoms with E-state index >= 15 is 0 Å². The Balaban J connectivity index is 2.11. The summed E-state index contributed by atoms with van der Waals surface area (Å²) in [4.78, 5) is 15.2. The van der Waals surface area contributed by atoms with Gasteiger partial charge in [-0.3, -0.25) is 9.48 Å². The first-order valence-corrected chi connectivity index (χ1v) is 4.88. The third-order valence-corrected chi connectivity index (χ3v) is 2.44. The Morgan fingerprint density at radius 3 is 3.00 bits per heavy atom. The van der Waals surface area contributed by atoms with Crippen LogP contribution in [0.1, 0.15) is 25.6 Å². The fourth-order valence-corrected chi connectivity index (χ4v) is 1.69. The molecule has 0 amide bonds. The van der Waals surface area contributed by atoms with Crippen LogP contribution >= 0.6 is 0 Å². The van der Waals surface area contributed by atoms with Gasteiger partial charge in [-0.2, -0.15) is 5.10 Å². The molecule has 4 nitrogen and oxygen atoms in total. The Kier molecular flexibility index (Phi) is 2.43. The number of hydrogen-bond acceptors (Lipinski definition) is 3. The van der Waals surface area contributed by atoms with Crippen LogP contribution < -0.4 is 0 Å². The average molecular weight is 191 g/mol. The summed E-state index contributed by atoms with van der Waals surface area (Å²) in [5, 5.41) is 4.09. The number of hydrogen-bond donors (Lipinski definition) is 0. The van der Waals surface area contributed by atoms with Gasteiger partial charge in [-0.15, -0.1) is 0 Å². The lowest BCUT2D eigenvalue weighted by atomic mass is 10.1. The molecule has 0 saturated heterocycles. The van der Waals surface area contributed by atoms with Gasteiger partial charge in [0.1, 0.15) is 12.2 Å². The first-order chi connectivity index (χ1) is 6.79. The first kappa shape index (κ1) is 9.12. The number of aromatic nitrogens is 3. The van der Waals surface area contributed by atoms with E-state index in [2.05, 4.69) is 10.1 Å². The zero-order chi connectivity index (χ0) is 9.97. The van der Waals surface area contributed by atoms with Crippen molar-refractivity contribution in [2.45, 2.75) is 32.7 Å². The van der Waals surface area contributed by atoms with E-state index in [0.29, 0.717) is 6.42 Å². The maximum Gasteiger partial charge on any atom is 0.155 e. The molecule has 0 fully saturated rings. The maximum atomic E-state index is 11.0. The molecule has 4 heteroatoms. The Morgan fingerprint density at radius 1 is 1.50 bits per heavy atom. The van der Waals surface area contributed by atoms with Crippen LogP contribution in [0.25, 0.3) is 0 Å². The zero-order valence-electron chi connectivity index (χ0n) is 8.23. The van der Waals surface area contributed by atoms with Gasteiger partial charge in [0.05, 0.1) is 0 Å². The number of aryl methyl sites for hydroxylation is 1. The highest BCUT2D eigenvalue weighted by Crippen LogP contribution is 2.18. The molecule has 0 saturated carbocycles. The van der Waals surface area contributed by atoms with Crippen LogP contribution in [0.15, 0.2) is 18.0 Å². The van der Waals surface area contributed by atoms with E-state index in [1.165, 1.54) is 5.57 Å². The van der Waals surface area contributed by atoms with Gasteiger partial charge in [0.2, 0.25) is 0 Å². The van der Waals surface area contributed by atoms with Gasteiger partial charge in [-0.25, -0.2) is 4.98 Å². The fraction of sp³-hybridized carbons (Fsp3) is 0.500. The quantitative estimate of drug-likeness (QED) is 0.719. The van der Waals surface area contributed by atoms with E-state index in [4.69, 9.17) is 0 Å². The minimum absolute atomic E-state index is 0.238. The highest BCUT2D eigenvalue weighted by molar-refractivity contribution is 5.92. The molecule has 0 atom stereocenters. The van der Waals surface area contributed by atoms with Crippen LogP contribution in [0, 0.1) is 0 Å². The second-order valence-corrected chi connectivity index (χ2v) is 3.44. The average Bonchev–Trinajstić information content (AvgIpc) is 2.76. The van der Waals surface area contributed by atoms with Crippen molar-refractivity contribution in [3.05, 3.63) is 23.8 Å². The summed E-state index contributed by atoms with van der Waals surface area (Å²) in [5.41, 5.74) is 1.18. The number of carbonyl (C=O) groups is 1. The highest BCUT2D eigenvalue weighted by atomic mass is 16.1. The molecule has 1 heterocycles. The van der Waals surface area contributed by atoms with Gasteiger partial charge in [0, 0.05) is 19.4 Å². The van der Waals surface area contributed by atoms with Crippen LogP contribution in [0.2, 0.25) is 0 Å². The Labute approximate surface area is 82.6 Å². The highest BCUT2D eigenvalue weighted by Gasteiger charge is 2.14. The standard InChI is InChI=1S/C10H13N3O/c1-2-13-10(11-7-12-13)6-8-3-4-9(14)5-8/h5,7H,2-4,6H2,1H3. The largest absolute Gasteiger partial charge is 0.295 e.